The van der Waals surface area contributed by atoms with Gasteiger partial charge in [0.2, 0.25) is 0 Å². The third kappa shape index (κ3) is 6.73. The van der Waals surface area contributed by atoms with Gasteiger partial charge in [-0.05, 0) is 35.4 Å². The summed E-state index contributed by atoms with van der Waals surface area (Å²) in [5.41, 5.74) is 1.90. The SMILES string of the molecule is O=C(NCc1cccc(C(F)(F)F)c1)c1csc(CSc2nnc(Cc3ccccc3)n2-c2ccccc2)n1. The van der Waals surface area contributed by atoms with E-state index in [0.29, 0.717) is 22.9 Å². The Labute approximate surface area is 231 Å². The highest BCUT2D eigenvalue weighted by molar-refractivity contribution is 7.98. The average molecular weight is 566 g/mol. The third-order valence-corrected chi connectivity index (χ3v) is 7.71. The first kappa shape index (κ1) is 26.6. The fourth-order valence-corrected chi connectivity index (χ4v) is 5.62. The number of thiazole rings is 1. The van der Waals surface area contributed by atoms with Crippen LogP contribution in [0.15, 0.2) is 95.5 Å². The first-order valence-corrected chi connectivity index (χ1v) is 13.8. The minimum atomic E-state index is -4.44. The highest BCUT2D eigenvalue weighted by Gasteiger charge is 2.30. The van der Waals surface area contributed by atoms with Crippen LogP contribution in [0.4, 0.5) is 13.2 Å². The number of hydrogen-bond acceptors (Lipinski definition) is 6. The molecular formula is C28H22F3N5OS2. The van der Waals surface area contributed by atoms with Gasteiger partial charge in [0, 0.05) is 24.0 Å². The van der Waals surface area contributed by atoms with Crippen molar-refractivity contribution >= 4 is 29.0 Å². The zero-order valence-electron chi connectivity index (χ0n) is 20.4. The van der Waals surface area contributed by atoms with Crippen LogP contribution in [0.5, 0.6) is 0 Å². The van der Waals surface area contributed by atoms with Crippen LogP contribution in [0, 0.1) is 0 Å². The van der Waals surface area contributed by atoms with E-state index < -0.39 is 17.6 Å². The van der Waals surface area contributed by atoms with Crippen LogP contribution in [0.2, 0.25) is 0 Å². The number of thioether (sulfide) groups is 1. The summed E-state index contributed by atoms with van der Waals surface area (Å²) in [5, 5.41) is 14.6. The molecule has 6 nitrogen and oxygen atoms in total. The minimum Gasteiger partial charge on any atom is -0.347 e. The molecule has 0 aliphatic heterocycles. The topological polar surface area (TPSA) is 72.7 Å². The number of aromatic nitrogens is 4. The molecule has 0 aliphatic carbocycles. The van der Waals surface area contributed by atoms with Gasteiger partial charge in [-0.3, -0.25) is 9.36 Å². The van der Waals surface area contributed by atoms with Gasteiger partial charge in [0.1, 0.15) is 16.5 Å². The van der Waals surface area contributed by atoms with E-state index in [9.17, 15) is 18.0 Å². The quantitative estimate of drug-likeness (QED) is 0.205. The van der Waals surface area contributed by atoms with Gasteiger partial charge in [-0.25, -0.2) is 4.98 Å². The predicted octanol–water partition coefficient (Wildman–Crippen LogP) is 6.56. The Bertz CT molecular complexity index is 1550. The molecule has 3 aromatic carbocycles. The summed E-state index contributed by atoms with van der Waals surface area (Å²) in [4.78, 5) is 17.0. The number of carbonyl (C=O) groups is 1. The summed E-state index contributed by atoms with van der Waals surface area (Å²) in [6.07, 6.45) is -3.81. The molecule has 0 spiro atoms. The van der Waals surface area contributed by atoms with Crippen molar-refractivity contribution in [1.29, 1.82) is 0 Å². The van der Waals surface area contributed by atoms with Crippen molar-refractivity contribution in [2.45, 2.75) is 30.1 Å². The zero-order chi connectivity index (χ0) is 27.2. The molecule has 2 heterocycles. The van der Waals surface area contributed by atoms with E-state index in [1.807, 2.05) is 65.2 Å². The number of para-hydroxylation sites is 1. The number of halogens is 3. The molecule has 0 aliphatic rings. The maximum atomic E-state index is 12.9. The highest BCUT2D eigenvalue weighted by atomic mass is 32.2. The van der Waals surface area contributed by atoms with E-state index in [-0.39, 0.29) is 12.2 Å². The largest absolute Gasteiger partial charge is 0.416 e. The van der Waals surface area contributed by atoms with Gasteiger partial charge in [-0.15, -0.1) is 21.5 Å². The summed E-state index contributed by atoms with van der Waals surface area (Å²) >= 11 is 2.80. The van der Waals surface area contributed by atoms with Crippen molar-refractivity contribution in [1.82, 2.24) is 25.1 Å². The standard InChI is InChI=1S/C28H22F3N5OS2/c29-28(30,31)21-11-7-10-20(14-21)16-32-26(37)23-17-38-25(33-23)18-39-27-35-34-24(15-19-8-3-1-4-9-19)36(27)22-12-5-2-6-13-22/h1-14,17H,15-16,18H2,(H,32,37). The van der Waals surface area contributed by atoms with Crippen molar-refractivity contribution < 1.29 is 18.0 Å². The second kappa shape index (κ2) is 11.8. The van der Waals surface area contributed by atoms with Gasteiger partial charge >= 0.3 is 6.18 Å². The summed E-state index contributed by atoms with van der Waals surface area (Å²) in [5.74, 6) is 0.836. The number of nitrogens with zero attached hydrogens (tertiary/aromatic N) is 4. The van der Waals surface area contributed by atoms with Crippen LogP contribution in [-0.2, 0) is 24.9 Å². The molecule has 5 aromatic rings. The molecular weight excluding hydrogens is 543 g/mol. The maximum Gasteiger partial charge on any atom is 0.416 e. The Morgan fingerprint density at radius 3 is 2.38 bits per heavy atom. The number of carbonyl (C=O) groups excluding carboxylic acids is 1. The molecule has 0 bridgehead atoms. The number of hydrogen-bond donors (Lipinski definition) is 1. The molecule has 11 heteroatoms. The van der Waals surface area contributed by atoms with E-state index in [0.717, 1.165) is 34.2 Å². The van der Waals surface area contributed by atoms with Crippen LogP contribution in [0.25, 0.3) is 5.69 Å². The number of rotatable bonds is 9. The van der Waals surface area contributed by atoms with E-state index in [4.69, 9.17) is 0 Å². The van der Waals surface area contributed by atoms with Gasteiger partial charge in [-0.2, -0.15) is 13.2 Å². The number of benzene rings is 3. The molecule has 5 rings (SSSR count). The van der Waals surface area contributed by atoms with Gasteiger partial charge in [0.05, 0.1) is 11.3 Å². The monoisotopic (exact) mass is 565 g/mol. The molecule has 0 fully saturated rings. The fraction of sp³-hybridized carbons (Fsp3) is 0.143. The van der Waals surface area contributed by atoms with Crippen LogP contribution in [-0.4, -0.2) is 25.7 Å². The van der Waals surface area contributed by atoms with E-state index in [1.54, 1.807) is 5.38 Å². The van der Waals surface area contributed by atoms with Gasteiger partial charge < -0.3 is 5.32 Å². The van der Waals surface area contributed by atoms with Crippen LogP contribution < -0.4 is 5.32 Å². The Morgan fingerprint density at radius 2 is 1.64 bits per heavy atom. The van der Waals surface area contributed by atoms with Crippen molar-refractivity contribution in [3.05, 3.63) is 124 Å². The molecule has 2 aromatic heterocycles. The molecule has 0 saturated heterocycles. The van der Waals surface area contributed by atoms with E-state index in [1.165, 1.54) is 35.2 Å². The second-order valence-corrected chi connectivity index (χ2v) is 10.4. The van der Waals surface area contributed by atoms with Crippen LogP contribution in [0.1, 0.15) is 38.0 Å². The minimum absolute atomic E-state index is 0.0330. The molecule has 1 amide bonds. The van der Waals surface area contributed by atoms with Crippen molar-refractivity contribution in [3.8, 4) is 5.69 Å². The van der Waals surface area contributed by atoms with Crippen molar-refractivity contribution in [2.24, 2.45) is 0 Å². The summed E-state index contributed by atoms with van der Waals surface area (Å²) in [6, 6.07) is 24.8. The molecule has 1 N–H and O–H groups in total. The highest BCUT2D eigenvalue weighted by Crippen LogP contribution is 2.30. The Hall–Kier alpha value is -3.96. The Morgan fingerprint density at radius 1 is 0.923 bits per heavy atom. The van der Waals surface area contributed by atoms with Gasteiger partial charge in [-0.1, -0.05) is 72.4 Å². The predicted molar refractivity (Wildman–Crippen MR) is 145 cm³/mol. The zero-order valence-corrected chi connectivity index (χ0v) is 22.1. The molecule has 0 radical (unpaired) electrons. The number of nitrogens with one attached hydrogen (secondary N) is 1. The molecule has 39 heavy (non-hydrogen) atoms. The first-order chi connectivity index (χ1) is 18.9. The maximum absolute atomic E-state index is 12.9. The Balaban J connectivity index is 1.25. The molecule has 0 saturated carbocycles. The normalized spacial score (nSPS) is 11.5. The molecule has 0 unspecified atom stereocenters. The third-order valence-electron chi connectivity index (χ3n) is 5.74. The lowest BCUT2D eigenvalue weighted by atomic mass is 10.1. The summed E-state index contributed by atoms with van der Waals surface area (Å²) in [7, 11) is 0. The number of alkyl halides is 3. The average Bonchev–Trinajstić information content (AvgIpc) is 3.58. The summed E-state index contributed by atoms with van der Waals surface area (Å²) in [6.45, 7) is -0.0330. The van der Waals surface area contributed by atoms with E-state index in [2.05, 4.69) is 20.5 Å². The lowest BCUT2D eigenvalue weighted by Crippen LogP contribution is -2.23. The van der Waals surface area contributed by atoms with Crippen LogP contribution in [0.3, 0.4) is 0 Å². The second-order valence-electron chi connectivity index (χ2n) is 8.53. The fourth-order valence-electron chi connectivity index (χ4n) is 3.86. The van der Waals surface area contributed by atoms with Crippen molar-refractivity contribution in [3.63, 3.8) is 0 Å². The Kier molecular flexibility index (Phi) is 8.08. The number of amides is 1. The lowest BCUT2D eigenvalue weighted by Gasteiger charge is -2.10. The molecule has 0 atom stereocenters. The summed E-state index contributed by atoms with van der Waals surface area (Å²) < 4.78 is 40.8. The molecule has 198 valence electrons. The van der Waals surface area contributed by atoms with E-state index >= 15 is 0 Å². The van der Waals surface area contributed by atoms with Crippen molar-refractivity contribution in [2.75, 3.05) is 0 Å². The smallest absolute Gasteiger partial charge is 0.347 e. The van der Waals surface area contributed by atoms with Crippen LogP contribution >= 0.6 is 23.1 Å². The van der Waals surface area contributed by atoms with Gasteiger partial charge in [0.25, 0.3) is 5.91 Å². The van der Waals surface area contributed by atoms with Gasteiger partial charge in [0.15, 0.2) is 5.16 Å². The lowest BCUT2D eigenvalue weighted by molar-refractivity contribution is -0.137. The first-order valence-electron chi connectivity index (χ1n) is 11.9.